The van der Waals surface area contributed by atoms with Crippen LogP contribution in [-0.2, 0) is 0 Å². The maximum absolute atomic E-state index is 17.6. The monoisotopic (exact) mass is 996 g/mol. The second kappa shape index (κ2) is 15.3. The molecule has 4 aromatic heterocycles. The van der Waals surface area contributed by atoms with E-state index in [1.165, 1.54) is 59.1 Å². The maximum Gasteiger partial charge on any atom is 0.133 e. The van der Waals surface area contributed by atoms with E-state index in [4.69, 9.17) is 0 Å². The summed E-state index contributed by atoms with van der Waals surface area (Å²) >= 11 is 7.11. The van der Waals surface area contributed by atoms with Crippen molar-refractivity contribution in [2.45, 2.75) is 0 Å². The van der Waals surface area contributed by atoms with Gasteiger partial charge in [0.15, 0.2) is 0 Å². The lowest BCUT2D eigenvalue weighted by Crippen LogP contribution is -2.12. The van der Waals surface area contributed by atoms with Gasteiger partial charge in [-0.15, -0.1) is 45.3 Å². The zero-order chi connectivity index (χ0) is 47.3. The fraction of sp³-hybridized carbons (Fsp3) is 0. The summed E-state index contributed by atoms with van der Waals surface area (Å²) in [5.74, 6) is -0.735. The van der Waals surface area contributed by atoms with Gasteiger partial charge in [-0.3, -0.25) is 0 Å². The van der Waals surface area contributed by atoms with Gasteiger partial charge in [-0.25, -0.2) is 8.78 Å². The lowest BCUT2D eigenvalue weighted by Gasteiger charge is -2.30. The summed E-state index contributed by atoms with van der Waals surface area (Å²) in [6, 6.07) is 71.6. The fourth-order valence-corrected chi connectivity index (χ4v) is 15.9. The van der Waals surface area contributed by atoms with Gasteiger partial charge in [0.2, 0.25) is 0 Å². The third-order valence-corrected chi connectivity index (χ3v) is 19.3. The van der Waals surface area contributed by atoms with Crippen LogP contribution in [0, 0.1) is 11.6 Å². The molecule has 0 unspecified atom stereocenters. The first-order valence-corrected chi connectivity index (χ1v) is 27.1. The summed E-state index contributed by atoms with van der Waals surface area (Å²) < 4.78 is 44.7. The Labute approximate surface area is 426 Å². The van der Waals surface area contributed by atoms with Crippen LogP contribution in [0.3, 0.4) is 0 Å². The molecule has 0 aliphatic heterocycles. The molecule has 0 atom stereocenters. The summed E-state index contributed by atoms with van der Waals surface area (Å²) in [5.41, 5.74) is 4.99. The predicted octanol–water partition coefficient (Wildman–Crippen LogP) is 21.3. The maximum atomic E-state index is 17.6. The molecule has 0 N–H and O–H groups in total. The fourth-order valence-electron chi connectivity index (χ4n) is 11.5. The first-order valence-electron chi connectivity index (χ1n) is 23.8. The topological polar surface area (TPSA) is 6.48 Å². The van der Waals surface area contributed by atoms with E-state index in [9.17, 15) is 0 Å². The smallest absolute Gasteiger partial charge is 0.133 e. The van der Waals surface area contributed by atoms with Crippen LogP contribution < -0.4 is 9.80 Å². The van der Waals surface area contributed by atoms with Gasteiger partial charge in [0.1, 0.15) is 11.6 Å². The van der Waals surface area contributed by atoms with Gasteiger partial charge in [-0.1, -0.05) is 97.1 Å². The van der Waals surface area contributed by atoms with Crippen molar-refractivity contribution < 1.29 is 8.78 Å². The third kappa shape index (κ3) is 5.89. The number of halogens is 2. The van der Waals surface area contributed by atoms with Crippen molar-refractivity contribution in [2.75, 3.05) is 9.80 Å². The molecule has 0 amide bonds. The minimum absolute atomic E-state index is 0.367. The first-order chi connectivity index (χ1) is 35.5. The molecule has 0 aliphatic carbocycles. The Bertz CT molecular complexity index is 4410. The van der Waals surface area contributed by atoms with Crippen LogP contribution in [0.1, 0.15) is 0 Å². The van der Waals surface area contributed by atoms with Crippen LogP contribution in [0.5, 0.6) is 0 Å². The molecule has 72 heavy (non-hydrogen) atoms. The van der Waals surface area contributed by atoms with Gasteiger partial charge in [-0.2, -0.15) is 0 Å². The number of nitrogens with zero attached hydrogens (tertiary/aromatic N) is 2. The third-order valence-electron chi connectivity index (χ3n) is 14.7. The molecule has 0 saturated heterocycles. The summed E-state index contributed by atoms with van der Waals surface area (Å²) in [7, 11) is 0. The van der Waals surface area contributed by atoms with Crippen molar-refractivity contribution in [3.63, 3.8) is 0 Å². The molecule has 8 heteroatoms. The van der Waals surface area contributed by atoms with E-state index in [2.05, 4.69) is 180 Å². The molecule has 0 radical (unpaired) electrons. The highest BCUT2D eigenvalue weighted by Gasteiger charge is 2.27. The van der Waals surface area contributed by atoms with E-state index in [-0.39, 0.29) is 11.6 Å². The van der Waals surface area contributed by atoms with Gasteiger partial charge >= 0.3 is 0 Å². The Morgan fingerprint density at radius 3 is 0.806 bits per heavy atom. The molecule has 0 spiro atoms. The Kier molecular flexibility index (Phi) is 8.63. The molecule has 338 valence electrons. The van der Waals surface area contributed by atoms with Crippen LogP contribution in [0.25, 0.3) is 113 Å². The van der Waals surface area contributed by atoms with E-state index < -0.39 is 0 Å². The number of anilines is 6. The standard InChI is InChI=1S/C64H34F2N2S4/c65-51-33-53(67(35-17-25-59-47(29-35)39-9-1-5-13-55(39)69-59)36-18-26-60-48(30-36)40-10-2-6-14-56(40)70-60)45-23-21-44-52(66)34-54(46-24-22-43(51)63(45)64(44)46)68(37-19-27-61-49(31-37)41-11-3-7-15-57(41)71-61)38-20-28-62-50(32-38)42-12-4-8-16-58(42)72-62/h1-34H. The molecule has 4 heterocycles. The second-order valence-electron chi connectivity index (χ2n) is 18.6. The molecule has 0 aliphatic rings. The number of thiophene rings is 4. The first kappa shape index (κ1) is 40.7. The number of rotatable bonds is 6. The van der Waals surface area contributed by atoms with Crippen LogP contribution in [0.15, 0.2) is 206 Å². The highest BCUT2D eigenvalue weighted by atomic mass is 32.1. The highest BCUT2D eigenvalue weighted by molar-refractivity contribution is 7.27. The molecule has 0 bridgehead atoms. The number of hydrogen-bond acceptors (Lipinski definition) is 6. The summed E-state index contributed by atoms with van der Waals surface area (Å²) in [5, 5.41) is 13.3. The minimum atomic E-state index is -0.367. The van der Waals surface area contributed by atoms with Gasteiger partial charge in [-0.05, 0) is 109 Å². The number of hydrogen-bond donors (Lipinski definition) is 0. The lowest BCUT2D eigenvalue weighted by molar-refractivity contribution is 0.639. The van der Waals surface area contributed by atoms with Crippen molar-refractivity contribution in [3.05, 3.63) is 218 Å². The van der Waals surface area contributed by atoms with Crippen LogP contribution >= 0.6 is 45.3 Å². The minimum Gasteiger partial charge on any atom is -0.310 e. The molecule has 16 rings (SSSR count). The Balaban J connectivity index is 0.976. The van der Waals surface area contributed by atoms with Crippen molar-refractivity contribution in [3.8, 4) is 0 Å². The molecular formula is C64H34F2N2S4. The van der Waals surface area contributed by atoms with Crippen molar-refractivity contribution >= 4 is 192 Å². The molecule has 0 fully saturated rings. The van der Waals surface area contributed by atoms with E-state index in [1.54, 1.807) is 57.5 Å². The summed E-state index contributed by atoms with van der Waals surface area (Å²) in [6.45, 7) is 0. The van der Waals surface area contributed by atoms with E-state index in [1.807, 2.05) is 24.3 Å². The van der Waals surface area contributed by atoms with Crippen molar-refractivity contribution in [1.82, 2.24) is 0 Å². The molecule has 2 nitrogen and oxygen atoms in total. The van der Waals surface area contributed by atoms with Crippen molar-refractivity contribution in [2.24, 2.45) is 0 Å². The molecule has 16 aromatic rings. The summed E-state index contributed by atoms with van der Waals surface area (Å²) in [6.07, 6.45) is 0. The number of benzene rings is 12. The lowest BCUT2D eigenvalue weighted by atomic mass is 9.91. The van der Waals surface area contributed by atoms with Gasteiger partial charge < -0.3 is 9.80 Å². The zero-order valence-electron chi connectivity index (χ0n) is 37.9. The normalized spacial score (nSPS) is 12.3. The largest absolute Gasteiger partial charge is 0.310 e. The van der Waals surface area contributed by atoms with Gasteiger partial charge in [0, 0.05) is 136 Å². The average molecular weight is 997 g/mol. The molecule has 0 saturated carbocycles. The Morgan fingerprint density at radius 1 is 0.236 bits per heavy atom. The SMILES string of the molecule is Fc1cc(N(c2ccc3sc4ccccc4c3c2)c2ccc3sc4ccccc4c3c2)c2ccc3c(F)cc(N(c4ccc5sc6ccccc6c5c4)c4ccc5sc6ccccc6c5c4)c4ccc1c2c34. The second-order valence-corrected chi connectivity index (χ2v) is 22.9. The van der Waals surface area contributed by atoms with Crippen LogP contribution in [0.2, 0.25) is 0 Å². The predicted molar refractivity (Wildman–Crippen MR) is 311 cm³/mol. The number of fused-ring (bicyclic) bond motifs is 12. The van der Waals surface area contributed by atoms with E-state index in [0.717, 1.165) is 55.1 Å². The van der Waals surface area contributed by atoms with Gasteiger partial charge in [0.05, 0.1) is 11.4 Å². The Morgan fingerprint density at radius 2 is 0.500 bits per heavy atom. The highest BCUT2D eigenvalue weighted by Crippen LogP contribution is 2.52. The zero-order valence-corrected chi connectivity index (χ0v) is 41.2. The van der Waals surface area contributed by atoms with Crippen LogP contribution in [0.4, 0.5) is 42.9 Å². The average Bonchev–Trinajstić information content (AvgIpc) is 4.19. The summed E-state index contributed by atoms with van der Waals surface area (Å²) in [4.78, 5) is 4.41. The van der Waals surface area contributed by atoms with E-state index >= 15 is 8.78 Å². The van der Waals surface area contributed by atoms with Crippen molar-refractivity contribution in [1.29, 1.82) is 0 Å². The molecular weight excluding hydrogens is 963 g/mol. The Hall–Kier alpha value is -7.98. The molecule has 12 aromatic carbocycles. The van der Waals surface area contributed by atoms with Gasteiger partial charge in [0.25, 0.3) is 0 Å². The van der Waals surface area contributed by atoms with Crippen LogP contribution in [-0.4, -0.2) is 0 Å². The van der Waals surface area contributed by atoms with E-state index in [0.29, 0.717) is 32.9 Å². The quantitative estimate of drug-likeness (QED) is 0.153.